The molecular formula is C17H18BrNO2. The minimum atomic E-state index is 0.0962. The van der Waals surface area contributed by atoms with Crippen molar-refractivity contribution >= 4 is 15.9 Å². The number of fused-ring (bicyclic) bond motifs is 1. The summed E-state index contributed by atoms with van der Waals surface area (Å²) in [5, 5.41) is 3.38. The van der Waals surface area contributed by atoms with Crippen LogP contribution in [0.3, 0.4) is 0 Å². The summed E-state index contributed by atoms with van der Waals surface area (Å²) in [6, 6.07) is 12.6. The van der Waals surface area contributed by atoms with Gasteiger partial charge in [-0.1, -0.05) is 34.1 Å². The molecule has 0 saturated carbocycles. The van der Waals surface area contributed by atoms with E-state index in [-0.39, 0.29) is 6.04 Å². The fraction of sp³-hybridized carbons (Fsp3) is 0.294. The smallest absolute Gasteiger partial charge is 0.125 e. The van der Waals surface area contributed by atoms with Crippen LogP contribution in [0.15, 0.2) is 40.9 Å². The minimum absolute atomic E-state index is 0.0962. The van der Waals surface area contributed by atoms with Crippen molar-refractivity contribution in [2.75, 3.05) is 20.8 Å². The standard InChI is InChI=1S/C17H18BrNO2/c1-19-17(14-5-4-13(18)10-16(14)20-2)12-3-6-15-11(9-12)7-8-21-15/h3-6,9-10,17,19H,7-8H2,1-2H3. The Morgan fingerprint density at radius 2 is 2.10 bits per heavy atom. The Bertz CT molecular complexity index is 657. The van der Waals surface area contributed by atoms with E-state index >= 15 is 0 Å². The Balaban J connectivity index is 2.02. The third kappa shape index (κ3) is 2.78. The van der Waals surface area contributed by atoms with E-state index in [9.17, 15) is 0 Å². The zero-order valence-corrected chi connectivity index (χ0v) is 13.7. The first-order chi connectivity index (χ1) is 10.2. The molecule has 0 saturated heterocycles. The fourth-order valence-corrected chi connectivity index (χ4v) is 3.15. The summed E-state index contributed by atoms with van der Waals surface area (Å²) in [5.41, 5.74) is 3.63. The van der Waals surface area contributed by atoms with Gasteiger partial charge in [-0.3, -0.25) is 0 Å². The Morgan fingerprint density at radius 1 is 1.24 bits per heavy atom. The van der Waals surface area contributed by atoms with Crippen LogP contribution < -0.4 is 14.8 Å². The van der Waals surface area contributed by atoms with Crippen LogP contribution >= 0.6 is 15.9 Å². The number of benzene rings is 2. The summed E-state index contributed by atoms with van der Waals surface area (Å²) < 4.78 is 12.1. The van der Waals surface area contributed by atoms with Gasteiger partial charge in [-0.2, -0.15) is 0 Å². The Hall–Kier alpha value is -1.52. The molecule has 1 N–H and O–H groups in total. The summed E-state index contributed by atoms with van der Waals surface area (Å²) in [7, 11) is 3.67. The quantitative estimate of drug-likeness (QED) is 0.914. The second kappa shape index (κ2) is 6.08. The number of methoxy groups -OCH3 is 1. The average molecular weight is 348 g/mol. The molecule has 1 unspecified atom stereocenters. The highest BCUT2D eigenvalue weighted by molar-refractivity contribution is 9.10. The molecule has 110 valence electrons. The van der Waals surface area contributed by atoms with Crippen LogP contribution in [-0.4, -0.2) is 20.8 Å². The van der Waals surface area contributed by atoms with Crippen LogP contribution in [0.5, 0.6) is 11.5 Å². The largest absolute Gasteiger partial charge is 0.496 e. The molecule has 1 atom stereocenters. The molecule has 0 aromatic heterocycles. The maximum atomic E-state index is 5.58. The summed E-state index contributed by atoms with van der Waals surface area (Å²) in [6.07, 6.45) is 0.983. The van der Waals surface area contributed by atoms with Gasteiger partial charge in [0.1, 0.15) is 11.5 Å². The van der Waals surface area contributed by atoms with Crippen molar-refractivity contribution in [2.24, 2.45) is 0 Å². The number of hydrogen-bond acceptors (Lipinski definition) is 3. The number of rotatable bonds is 4. The van der Waals surface area contributed by atoms with Gasteiger partial charge in [0.25, 0.3) is 0 Å². The highest BCUT2D eigenvalue weighted by Crippen LogP contribution is 2.35. The maximum Gasteiger partial charge on any atom is 0.125 e. The van der Waals surface area contributed by atoms with E-state index in [0.717, 1.165) is 34.6 Å². The lowest BCUT2D eigenvalue weighted by Gasteiger charge is -2.20. The molecule has 1 heterocycles. The molecule has 0 radical (unpaired) electrons. The van der Waals surface area contributed by atoms with E-state index in [1.807, 2.05) is 19.2 Å². The highest BCUT2D eigenvalue weighted by atomic mass is 79.9. The van der Waals surface area contributed by atoms with Crippen LogP contribution in [-0.2, 0) is 6.42 Å². The lowest BCUT2D eigenvalue weighted by atomic mass is 9.96. The van der Waals surface area contributed by atoms with E-state index in [2.05, 4.69) is 45.5 Å². The molecule has 21 heavy (non-hydrogen) atoms. The zero-order valence-electron chi connectivity index (χ0n) is 12.2. The van der Waals surface area contributed by atoms with Gasteiger partial charge in [-0.25, -0.2) is 0 Å². The number of nitrogens with one attached hydrogen (secondary N) is 1. The highest BCUT2D eigenvalue weighted by Gasteiger charge is 2.20. The first-order valence-electron chi connectivity index (χ1n) is 6.99. The van der Waals surface area contributed by atoms with Gasteiger partial charge >= 0.3 is 0 Å². The molecule has 2 aromatic carbocycles. The Morgan fingerprint density at radius 3 is 2.86 bits per heavy atom. The van der Waals surface area contributed by atoms with Crippen LogP contribution in [0.2, 0.25) is 0 Å². The molecule has 2 aromatic rings. The van der Waals surface area contributed by atoms with Crippen LogP contribution in [0.25, 0.3) is 0 Å². The molecule has 0 bridgehead atoms. The summed E-state index contributed by atoms with van der Waals surface area (Å²) >= 11 is 3.49. The molecule has 0 aliphatic carbocycles. The second-order valence-electron chi connectivity index (χ2n) is 5.07. The van der Waals surface area contributed by atoms with E-state index < -0.39 is 0 Å². The van der Waals surface area contributed by atoms with Crippen molar-refractivity contribution in [3.05, 3.63) is 57.6 Å². The van der Waals surface area contributed by atoms with Crippen molar-refractivity contribution in [3.63, 3.8) is 0 Å². The van der Waals surface area contributed by atoms with Gasteiger partial charge in [0.05, 0.1) is 19.8 Å². The summed E-state index contributed by atoms with van der Waals surface area (Å²) in [4.78, 5) is 0. The third-order valence-corrected chi connectivity index (χ3v) is 4.34. The van der Waals surface area contributed by atoms with Gasteiger partial charge in [0.15, 0.2) is 0 Å². The number of hydrogen-bond donors (Lipinski definition) is 1. The predicted molar refractivity (Wildman–Crippen MR) is 87.2 cm³/mol. The van der Waals surface area contributed by atoms with Crippen LogP contribution in [0, 0.1) is 0 Å². The van der Waals surface area contributed by atoms with E-state index in [4.69, 9.17) is 9.47 Å². The minimum Gasteiger partial charge on any atom is -0.496 e. The first-order valence-corrected chi connectivity index (χ1v) is 7.78. The lowest BCUT2D eigenvalue weighted by Crippen LogP contribution is -2.18. The molecule has 4 heteroatoms. The van der Waals surface area contributed by atoms with Gasteiger partial charge in [-0.05, 0) is 36.4 Å². The molecule has 0 amide bonds. The van der Waals surface area contributed by atoms with E-state index in [1.54, 1.807) is 7.11 Å². The fourth-order valence-electron chi connectivity index (χ4n) is 2.81. The monoisotopic (exact) mass is 347 g/mol. The SMILES string of the molecule is CNC(c1ccc2c(c1)CCO2)c1ccc(Br)cc1OC. The van der Waals surface area contributed by atoms with Gasteiger partial charge < -0.3 is 14.8 Å². The molecular weight excluding hydrogens is 330 g/mol. The maximum absolute atomic E-state index is 5.58. The average Bonchev–Trinajstić information content (AvgIpc) is 2.97. The van der Waals surface area contributed by atoms with Crippen molar-refractivity contribution in [1.29, 1.82) is 0 Å². The summed E-state index contributed by atoms with van der Waals surface area (Å²) in [5.74, 6) is 1.89. The topological polar surface area (TPSA) is 30.5 Å². The van der Waals surface area contributed by atoms with Crippen molar-refractivity contribution in [2.45, 2.75) is 12.5 Å². The van der Waals surface area contributed by atoms with Crippen LogP contribution in [0.1, 0.15) is 22.7 Å². The predicted octanol–water partition coefficient (Wildman–Crippen LogP) is 3.70. The third-order valence-electron chi connectivity index (χ3n) is 3.84. The molecule has 0 spiro atoms. The molecule has 3 nitrogen and oxygen atoms in total. The molecule has 1 aliphatic heterocycles. The number of halogens is 1. The Labute approximate surface area is 133 Å². The lowest BCUT2D eigenvalue weighted by molar-refractivity contribution is 0.357. The molecule has 1 aliphatic rings. The van der Waals surface area contributed by atoms with Gasteiger partial charge in [0, 0.05) is 16.5 Å². The van der Waals surface area contributed by atoms with Crippen molar-refractivity contribution in [1.82, 2.24) is 5.32 Å². The van der Waals surface area contributed by atoms with E-state index in [1.165, 1.54) is 11.1 Å². The Kier molecular flexibility index (Phi) is 4.17. The zero-order chi connectivity index (χ0) is 14.8. The molecule has 0 fully saturated rings. The van der Waals surface area contributed by atoms with Gasteiger partial charge in [0.2, 0.25) is 0 Å². The van der Waals surface area contributed by atoms with E-state index in [0.29, 0.717) is 0 Å². The normalized spacial score (nSPS) is 14.4. The second-order valence-corrected chi connectivity index (χ2v) is 5.99. The number of ether oxygens (including phenoxy) is 2. The first kappa shape index (κ1) is 14.4. The van der Waals surface area contributed by atoms with Crippen molar-refractivity contribution in [3.8, 4) is 11.5 Å². The summed E-state index contributed by atoms with van der Waals surface area (Å²) in [6.45, 7) is 0.782. The van der Waals surface area contributed by atoms with Crippen LogP contribution in [0.4, 0.5) is 0 Å². The van der Waals surface area contributed by atoms with Gasteiger partial charge in [-0.15, -0.1) is 0 Å². The van der Waals surface area contributed by atoms with Crippen molar-refractivity contribution < 1.29 is 9.47 Å². The molecule has 3 rings (SSSR count).